The van der Waals surface area contributed by atoms with Crippen LogP contribution >= 0.6 is 15.9 Å². The van der Waals surface area contributed by atoms with E-state index < -0.39 is 0 Å². The van der Waals surface area contributed by atoms with Gasteiger partial charge in [-0.3, -0.25) is 4.79 Å². The molecule has 0 saturated heterocycles. The van der Waals surface area contributed by atoms with Crippen LogP contribution in [0.25, 0.3) is 0 Å². The third-order valence-corrected chi connectivity index (χ3v) is 3.94. The number of hydrogen-bond donors (Lipinski definition) is 1. The van der Waals surface area contributed by atoms with Crippen molar-refractivity contribution in [3.05, 3.63) is 69.4 Å². The monoisotopic (exact) mass is 379 g/mol. The van der Waals surface area contributed by atoms with Gasteiger partial charge in [0.15, 0.2) is 0 Å². The van der Waals surface area contributed by atoms with Crippen LogP contribution in [0.15, 0.2) is 46.9 Å². The second-order valence-corrected chi connectivity index (χ2v) is 6.01. The first-order chi connectivity index (χ1) is 11.1. The Labute approximate surface area is 144 Å². The van der Waals surface area contributed by atoms with Crippen LogP contribution in [0.1, 0.15) is 23.6 Å². The predicted octanol–water partition coefficient (Wildman–Crippen LogP) is 3.98. The van der Waals surface area contributed by atoms with Gasteiger partial charge in [-0.25, -0.2) is 4.39 Å². The van der Waals surface area contributed by atoms with Crippen LogP contribution in [0.3, 0.4) is 0 Å². The van der Waals surface area contributed by atoms with E-state index in [2.05, 4.69) is 21.2 Å². The summed E-state index contributed by atoms with van der Waals surface area (Å²) in [6.45, 7) is 3.72. The fourth-order valence-corrected chi connectivity index (χ4v) is 2.50. The molecule has 0 heterocycles. The summed E-state index contributed by atoms with van der Waals surface area (Å²) in [4.78, 5) is 12.0. The molecule has 2 rings (SSSR count). The molecule has 0 aromatic heterocycles. The second kappa shape index (κ2) is 8.79. The number of benzene rings is 2. The average molecular weight is 380 g/mol. The van der Waals surface area contributed by atoms with Crippen LogP contribution in [0.5, 0.6) is 0 Å². The maximum absolute atomic E-state index is 13.2. The van der Waals surface area contributed by atoms with Crippen molar-refractivity contribution < 1.29 is 13.9 Å². The summed E-state index contributed by atoms with van der Waals surface area (Å²) in [5, 5.41) is 2.86. The first-order valence-electron chi connectivity index (χ1n) is 7.44. The second-order valence-electron chi connectivity index (χ2n) is 5.16. The molecule has 0 bridgehead atoms. The SMILES string of the molecule is CCOCc1ccc(CNC(=O)Cc2ccc(F)c(Br)c2)cc1. The molecule has 23 heavy (non-hydrogen) atoms. The number of halogens is 2. The Kier molecular flexibility index (Phi) is 6.74. The third kappa shape index (κ3) is 5.77. The zero-order chi connectivity index (χ0) is 16.7. The number of amides is 1. The lowest BCUT2D eigenvalue weighted by atomic mass is 10.1. The lowest BCUT2D eigenvalue weighted by Gasteiger charge is -2.07. The zero-order valence-corrected chi connectivity index (χ0v) is 14.5. The maximum atomic E-state index is 13.2. The molecule has 2 aromatic rings. The number of carbonyl (C=O) groups excluding carboxylic acids is 1. The topological polar surface area (TPSA) is 38.3 Å². The Bertz CT molecular complexity index is 659. The predicted molar refractivity (Wildman–Crippen MR) is 91.4 cm³/mol. The summed E-state index contributed by atoms with van der Waals surface area (Å²) < 4.78 is 18.9. The summed E-state index contributed by atoms with van der Waals surface area (Å²) in [5.74, 6) is -0.428. The van der Waals surface area contributed by atoms with Gasteiger partial charge in [0.2, 0.25) is 5.91 Å². The minimum atomic E-state index is -0.332. The molecule has 0 spiro atoms. The molecular formula is C18H19BrFNO2. The highest BCUT2D eigenvalue weighted by atomic mass is 79.9. The van der Waals surface area contributed by atoms with Crippen molar-refractivity contribution in [1.82, 2.24) is 5.32 Å². The van der Waals surface area contributed by atoms with Crippen LogP contribution in [0.2, 0.25) is 0 Å². The van der Waals surface area contributed by atoms with Crippen molar-refractivity contribution in [3.63, 3.8) is 0 Å². The molecule has 5 heteroatoms. The molecule has 2 aromatic carbocycles. The van der Waals surface area contributed by atoms with E-state index in [-0.39, 0.29) is 18.1 Å². The van der Waals surface area contributed by atoms with E-state index in [0.29, 0.717) is 24.2 Å². The molecule has 0 unspecified atom stereocenters. The van der Waals surface area contributed by atoms with Crippen molar-refractivity contribution >= 4 is 21.8 Å². The molecular weight excluding hydrogens is 361 g/mol. The zero-order valence-electron chi connectivity index (χ0n) is 12.9. The lowest BCUT2D eigenvalue weighted by Crippen LogP contribution is -2.24. The van der Waals surface area contributed by atoms with E-state index in [1.54, 1.807) is 12.1 Å². The number of hydrogen-bond acceptors (Lipinski definition) is 2. The average Bonchev–Trinajstić information content (AvgIpc) is 2.55. The molecule has 0 radical (unpaired) electrons. The first-order valence-corrected chi connectivity index (χ1v) is 8.24. The summed E-state index contributed by atoms with van der Waals surface area (Å²) >= 11 is 3.12. The third-order valence-electron chi connectivity index (χ3n) is 3.33. The van der Waals surface area contributed by atoms with E-state index in [1.807, 2.05) is 31.2 Å². The fourth-order valence-electron chi connectivity index (χ4n) is 2.07. The number of rotatable bonds is 7. The van der Waals surface area contributed by atoms with Crippen molar-refractivity contribution in [2.45, 2.75) is 26.5 Å². The molecule has 0 atom stereocenters. The van der Waals surface area contributed by atoms with E-state index in [1.165, 1.54) is 6.07 Å². The van der Waals surface area contributed by atoms with E-state index in [9.17, 15) is 9.18 Å². The van der Waals surface area contributed by atoms with E-state index >= 15 is 0 Å². The van der Waals surface area contributed by atoms with Crippen LogP contribution in [-0.2, 0) is 29.1 Å². The van der Waals surface area contributed by atoms with Gasteiger partial charge in [0, 0.05) is 13.2 Å². The Hall–Kier alpha value is -1.72. The van der Waals surface area contributed by atoms with Gasteiger partial charge < -0.3 is 10.1 Å². The minimum Gasteiger partial charge on any atom is -0.377 e. The van der Waals surface area contributed by atoms with Gasteiger partial charge in [-0.1, -0.05) is 30.3 Å². The van der Waals surface area contributed by atoms with Crippen molar-refractivity contribution in [1.29, 1.82) is 0 Å². The van der Waals surface area contributed by atoms with Crippen LogP contribution in [0, 0.1) is 5.82 Å². The largest absolute Gasteiger partial charge is 0.377 e. The van der Waals surface area contributed by atoms with E-state index in [0.717, 1.165) is 16.7 Å². The van der Waals surface area contributed by atoms with Crippen molar-refractivity contribution in [3.8, 4) is 0 Å². The van der Waals surface area contributed by atoms with Crippen molar-refractivity contribution in [2.75, 3.05) is 6.61 Å². The van der Waals surface area contributed by atoms with Gasteiger partial charge in [-0.2, -0.15) is 0 Å². The van der Waals surface area contributed by atoms with Crippen LogP contribution in [-0.4, -0.2) is 12.5 Å². The quantitative estimate of drug-likeness (QED) is 0.789. The Morgan fingerprint density at radius 2 is 1.78 bits per heavy atom. The molecule has 122 valence electrons. The van der Waals surface area contributed by atoms with Gasteiger partial charge in [-0.15, -0.1) is 0 Å². The fraction of sp³-hybridized carbons (Fsp3) is 0.278. The molecule has 0 aliphatic rings. The van der Waals surface area contributed by atoms with Crippen LogP contribution < -0.4 is 5.32 Å². The van der Waals surface area contributed by atoms with Gasteiger partial charge in [0.05, 0.1) is 17.5 Å². The van der Waals surface area contributed by atoms with Crippen molar-refractivity contribution in [2.24, 2.45) is 0 Å². The summed E-state index contributed by atoms with van der Waals surface area (Å²) in [6, 6.07) is 12.5. The molecule has 3 nitrogen and oxygen atoms in total. The molecule has 0 aliphatic heterocycles. The molecule has 0 saturated carbocycles. The summed E-state index contributed by atoms with van der Waals surface area (Å²) in [7, 11) is 0. The highest BCUT2D eigenvalue weighted by Crippen LogP contribution is 2.17. The standard InChI is InChI=1S/C18H19BrFNO2/c1-2-23-12-14-5-3-13(4-6-14)11-21-18(22)10-15-7-8-17(20)16(19)9-15/h3-9H,2,10-12H2,1H3,(H,21,22). The Morgan fingerprint density at radius 3 is 2.43 bits per heavy atom. The Morgan fingerprint density at radius 1 is 1.13 bits per heavy atom. The molecule has 0 aliphatic carbocycles. The minimum absolute atomic E-state index is 0.0955. The number of nitrogens with one attached hydrogen (secondary N) is 1. The number of ether oxygens (including phenoxy) is 1. The van der Waals surface area contributed by atoms with Gasteiger partial charge in [-0.05, 0) is 51.7 Å². The first kappa shape index (κ1) is 17.6. The summed E-state index contributed by atoms with van der Waals surface area (Å²) in [6.07, 6.45) is 0.224. The molecule has 1 N–H and O–H groups in total. The molecule has 1 amide bonds. The van der Waals surface area contributed by atoms with Gasteiger partial charge >= 0.3 is 0 Å². The normalized spacial score (nSPS) is 10.6. The summed E-state index contributed by atoms with van der Waals surface area (Å²) in [5.41, 5.74) is 2.90. The van der Waals surface area contributed by atoms with Gasteiger partial charge in [0.1, 0.15) is 5.82 Å². The smallest absolute Gasteiger partial charge is 0.224 e. The van der Waals surface area contributed by atoms with Crippen LogP contribution in [0.4, 0.5) is 4.39 Å². The highest BCUT2D eigenvalue weighted by Gasteiger charge is 2.06. The molecule has 0 fully saturated rings. The highest BCUT2D eigenvalue weighted by molar-refractivity contribution is 9.10. The van der Waals surface area contributed by atoms with E-state index in [4.69, 9.17) is 4.74 Å². The Balaban J connectivity index is 1.82. The maximum Gasteiger partial charge on any atom is 0.224 e. The van der Waals surface area contributed by atoms with Gasteiger partial charge in [0.25, 0.3) is 0 Å². The lowest BCUT2D eigenvalue weighted by molar-refractivity contribution is -0.120. The number of carbonyl (C=O) groups is 1.